The first-order chi connectivity index (χ1) is 66.5. The SMILES string of the molecule is C=C(C)C(=O)OC.C=CC.C=CC(=O)OC.CC.CC#CC#CC.CC#CC#CC(=O)OC.CC#CC#CCOc1ccc(C(=O)OC)cc1.COC(=O)/C=C/c1ccc(OC)cc1.COC(=O)/C=C/c1ccc(OC)cc1.COC(=O)/C=C/c1cccc(OC)c1.COC(=O)/C=C/c1ccccc1.COC(=O)/C=C/c1ccccc1.COC(=O)/C=C/c1ccco1.COC(=O)/C=C/c1cccs1. The molecule has 0 saturated carbocycles. The van der Waals surface area contributed by atoms with Gasteiger partial charge >= 0.3 is 65.7 Å². The van der Waals surface area contributed by atoms with E-state index in [0.29, 0.717) is 22.6 Å². The van der Waals surface area contributed by atoms with Crippen LogP contribution in [-0.4, -0.2) is 172 Å². The summed E-state index contributed by atoms with van der Waals surface area (Å²) >= 11 is 1.58. The summed E-state index contributed by atoms with van der Waals surface area (Å²) in [6.45, 7) is 24.5. The highest BCUT2D eigenvalue weighted by Crippen LogP contribution is 2.17. The van der Waals surface area contributed by atoms with Crippen LogP contribution in [0, 0.1) is 71.0 Å². The normalized spacial score (nSPS) is 8.83. The molecule has 0 bridgehead atoms. The van der Waals surface area contributed by atoms with E-state index in [0.717, 1.165) is 56.0 Å². The van der Waals surface area contributed by atoms with Crippen LogP contribution in [0.25, 0.3) is 42.5 Å². The van der Waals surface area contributed by atoms with Crippen molar-refractivity contribution < 1.29 is 128 Å². The molecule has 27 nitrogen and oxygen atoms in total. The van der Waals surface area contributed by atoms with Crippen molar-refractivity contribution in [3.63, 3.8) is 0 Å². The summed E-state index contributed by atoms with van der Waals surface area (Å²) in [7, 11) is 19.5. The molecule has 0 unspecified atom stereocenters. The van der Waals surface area contributed by atoms with Crippen molar-refractivity contribution in [2.75, 3.05) is 106 Å². The highest BCUT2D eigenvalue weighted by Gasteiger charge is 2.05. The lowest BCUT2D eigenvalue weighted by Crippen LogP contribution is -2.01. The average Bonchev–Trinajstić information content (AvgIpc) is 1.01. The highest BCUT2D eigenvalue weighted by molar-refractivity contribution is 7.10. The van der Waals surface area contributed by atoms with Crippen molar-refractivity contribution in [3.8, 4) is 94.0 Å². The van der Waals surface area contributed by atoms with Gasteiger partial charge in [0.1, 0.15) is 35.4 Å². The van der Waals surface area contributed by atoms with E-state index in [1.807, 2.05) is 172 Å². The maximum Gasteiger partial charge on any atom is 0.385 e. The molecule has 138 heavy (non-hydrogen) atoms. The van der Waals surface area contributed by atoms with Gasteiger partial charge in [0.05, 0.1) is 111 Å². The maximum atomic E-state index is 11.2. The highest BCUT2D eigenvalue weighted by atomic mass is 32.1. The fraction of sp³-hybridized carbons (Fsp3) is 0.209. The average molecular weight is 1910 g/mol. The second-order valence-corrected chi connectivity index (χ2v) is 24.4. The van der Waals surface area contributed by atoms with Crippen LogP contribution in [0.5, 0.6) is 23.0 Å². The van der Waals surface area contributed by atoms with Gasteiger partial charge in [-0.05, 0) is 238 Å². The number of thiophene rings is 1. The molecular formula is C110H122O27S. The Morgan fingerprint density at radius 3 is 1.02 bits per heavy atom. The maximum absolute atomic E-state index is 11.2. The van der Waals surface area contributed by atoms with Gasteiger partial charge in [-0.25, -0.2) is 52.7 Å². The number of esters is 11. The van der Waals surface area contributed by atoms with Crippen molar-refractivity contribution >= 4 is 120 Å². The molecule has 0 spiro atoms. The van der Waals surface area contributed by atoms with Crippen molar-refractivity contribution in [2.45, 2.75) is 55.4 Å². The Hall–Kier alpha value is -17.6. The minimum atomic E-state index is -0.558. The van der Waals surface area contributed by atoms with Crippen LogP contribution in [0.1, 0.15) is 104 Å². The standard InChI is InChI=1S/C14H12O3.3C11H12O3.2C10H10O2.C8H8O3.C8H8O2S.C7H6O2.C6H6.C5H8O2.C4H6O2.C3H6.C2H6/c1-3-4-5-6-11-17-13-9-7-12(8-10-13)14(15)16-2;2*1-13-10-6-3-9(4-7-10)5-8-11(12)14-2;1-13-10-5-3-4-9(8-10)6-7-11(12)14-2;2*1-12-10(11)8-7-9-5-3-2-4-6-9;2*1-10-8(9)5-4-7-3-2-6-11-7;1-3-4-5-6-7(8)9-2;1-3-5-6-4-2;1-4(2)5(6)7-3;1-3-4(5)6-2;1-3-2;1-2/h7-10H,11H2,1-2H3;3*3-8H,1-2H3;2*2-8H,1H3;2*2-6H,1H3;1-2H3;1-2H3;1H2,2-3H3;3H,1H2,2H3;3H,1H2,2H3;1-2H3/b;2*8-5+;7-6+;2*8-7+;2*5-4+;;;;;;. The van der Waals surface area contributed by atoms with E-state index in [9.17, 15) is 52.7 Å². The number of allylic oxidation sites excluding steroid dienone is 1. The predicted octanol–water partition coefficient (Wildman–Crippen LogP) is 19.2. The fourth-order valence-electron chi connectivity index (χ4n) is 7.32. The van der Waals surface area contributed by atoms with Crippen LogP contribution in [0.15, 0.2) is 278 Å². The molecule has 0 N–H and O–H groups in total. The predicted molar refractivity (Wildman–Crippen MR) is 543 cm³/mol. The number of furan rings is 1. The van der Waals surface area contributed by atoms with Crippen molar-refractivity contribution in [1.82, 2.24) is 0 Å². The Morgan fingerprint density at radius 1 is 0.355 bits per heavy atom. The van der Waals surface area contributed by atoms with Crippen LogP contribution in [-0.2, 0) is 100 Å². The van der Waals surface area contributed by atoms with E-state index in [2.05, 4.69) is 143 Å². The summed E-state index contributed by atoms with van der Waals surface area (Å²) in [5.41, 5.74) is 5.65. The van der Waals surface area contributed by atoms with Crippen LogP contribution < -0.4 is 18.9 Å². The van der Waals surface area contributed by atoms with E-state index in [1.165, 1.54) is 127 Å². The number of hydrogen-bond acceptors (Lipinski definition) is 28. The first-order valence-electron chi connectivity index (χ1n) is 40.5. The molecule has 0 fully saturated rings. The number of carbonyl (C=O) groups is 11. The molecule has 0 atom stereocenters. The van der Waals surface area contributed by atoms with Gasteiger partial charge in [0.15, 0.2) is 0 Å². The third-order valence-corrected chi connectivity index (χ3v) is 14.7. The van der Waals surface area contributed by atoms with Gasteiger partial charge in [0.25, 0.3) is 0 Å². The second kappa shape index (κ2) is 95.5. The van der Waals surface area contributed by atoms with Crippen LogP contribution in [0.4, 0.5) is 0 Å². The molecule has 0 aliphatic carbocycles. The minimum absolute atomic E-state index is 0.270. The molecule has 0 radical (unpaired) electrons. The van der Waals surface area contributed by atoms with E-state index in [-0.39, 0.29) is 60.3 Å². The minimum Gasteiger partial charge on any atom is -0.497 e. The molecule has 2 heterocycles. The molecule has 730 valence electrons. The summed E-state index contributed by atoms with van der Waals surface area (Å²) in [5.74, 6) is 30.0. The Bertz CT molecular complexity index is 5220. The Morgan fingerprint density at radius 2 is 0.710 bits per heavy atom. The van der Waals surface area contributed by atoms with E-state index in [1.54, 1.807) is 152 Å². The lowest BCUT2D eigenvalue weighted by atomic mass is 10.2. The van der Waals surface area contributed by atoms with Gasteiger partial charge in [-0.2, -0.15) is 0 Å². The number of benzene rings is 6. The Balaban J connectivity index is -0.000000346. The molecule has 0 aliphatic rings. The summed E-state index contributed by atoms with van der Waals surface area (Å²) in [6.07, 6.45) is 25.8. The van der Waals surface area contributed by atoms with Gasteiger partial charge in [0.2, 0.25) is 0 Å². The molecule has 0 aliphatic heterocycles. The van der Waals surface area contributed by atoms with Crippen LogP contribution in [0.3, 0.4) is 0 Å². The summed E-state index contributed by atoms with van der Waals surface area (Å²) in [4.78, 5) is 117. The molecule has 6 aromatic carbocycles. The topological polar surface area (TPSA) is 339 Å². The van der Waals surface area contributed by atoms with Gasteiger partial charge in [0, 0.05) is 65.0 Å². The molecule has 0 amide bonds. The quantitative estimate of drug-likeness (QED) is 0.0152. The van der Waals surface area contributed by atoms with E-state index in [4.69, 9.17) is 23.4 Å². The van der Waals surface area contributed by atoms with Crippen molar-refractivity contribution in [2.24, 2.45) is 0 Å². The summed E-state index contributed by atoms with van der Waals surface area (Å²) in [5, 5.41) is 1.96. The first kappa shape index (κ1) is 131. The van der Waals surface area contributed by atoms with Gasteiger partial charge in [-0.3, -0.25) is 0 Å². The molecule has 28 heteroatoms. The molecule has 2 aromatic heterocycles. The third kappa shape index (κ3) is 82.8. The first-order valence-corrected chi connectivity index (χ1v) is 41.4. The number of methoxy groups -OCH3 is 14. The van der Waals surface area contributed by atoms with E-state index >= 15 is 0 Å². The fourth-order valence-corrected chi connectivity index (χ4v) is 7.94. The number of ether oxygens (including phenoxy) is 15. The lowest BCUT2D eigenvalue weighted by Gasteiger charge is -2.02. The zero-order chi connectivity index (χ0) is 105. The molecule has 0 saturated heterocycles. The van der Waals surface area contributed by atoms with E-state index < -0.39 is 11.9 Å². The van der Waals surface area contributed by atoms with Gasteiger partial charge < -0.3 is 75.5 Å². The zero-order valence-electron chi connectivity index (χ0n) is 82.0. The Kier molecular flexibility index (Phi) is 90.8. The Labute approximate surface area is 816 Å². The van der Waals surface area contributed by atoms with Crippen LogP contribution >= 0.6 is 11.3 Å². The summed E-state index contributed by atoms with van der Waals surface area (Å²) < 4.78 is 73.6. The molecule has 8 rings (SSSR count). The van der Waals surface area contributed by atoms with Crippen LogP contribution in [0.2, 0.25) is 0 Å². The molecule has 8 aromatic rings. The monoisotopic (exact) mass is 1910 g/mol. The third-order valence-electron chi connectivity index (χ3n) is 13.9. The van der Waals surface area contributed by atoms with Gasteiger partial charge in [-0.15, -0.1) is 17.9 Å². The number of carbonyl (C=O) groups excluding carboxylic acids is 11. The number of hydrogen-bond donors (Lipinski definition) is 0. The summed E-state index contributed by atoms with van der Waals surface area (Å²) in [6, 6.07) is 55.4. The number of rotatable bonds is 22. The smallest absolute Gasteiger partial charge is 0.385 e. The van der Waals surface area contributed by atoms with Crippen molar-refractivity contribution in [1.29, 1.82) is 0 Å². The zero-order valence-corrected chi connectivity index (χ0v) is 82.8. The van der Waals surface area contributed by atoms with Gasteiger partial charge in [-0.1, -0.05) is 160 Å². The van der Waals surface area contributed by atoms with Crippen molar-refractivity contribution in [3.05, 3.63) is 318 Å². The largest absolute Gasteiger partial charge is 0.497 e. The molecular weight excluding hydrogens is 1790 g/mol. The lowest BCUT2D eigenvalue weighted by molar-refractivity contribution is -0.136. The second-order valence-electron chi connectivity index (χ2n) is 23.4.